The molecule has 0 saturated carbocycles. The fraction of sp³-hybridized carbons (Fsp3) is 0.444. The molecule has 0 atom stereocenters. The van der Waals surface area contributed by atoms with E-state index in [-0.39, 0.29) is 6.61 Å². The number of aryl methyl sites for hydroxylation is 1. The number of anilines is 1. The van der Waals surface area contributed by atoms with Crippen LogP contribution < -0.4 is 10.1 Å². The van der Waals surface area contributed by atoms with Crippen LogP contribution in [-0.4, -0.2) is 34.3 Å². The first kappa shape index (κ1) is 18.5. The monoisotopic (exact) mass is 347 g/mol. The Kier molecular flexibility index (Phi) is 6.07. The van der Waals surface area contributed by atoms with E-state index >= 15 is 0 Å². The van der Waals surface area contributed by atoms with Gasteiger partial charge in [0.15, 0.2) is 0 Å². The van der Waals surface area contributed by atoms with Gasteiger partial charge in [-0.05, 0) is 44.9 Å². The Morgan fingerprint density at radius 2 is 2.00 bits per heavy atom. The van der Waals surface area contributed by atoms with Gasteiger partial charge in [0, 0.05) is 11.8 Å². The normalized spacial score (nSPS) is 11.4. The summed E-state index contributed by atoms with van der Waals surface area (Å²) in [5.74, 6) is 3.14. The van der Waals surface area contributed by atoms with Crippen LogP contribution in [0.1, 0.15) is 30.8 Å². The Morgan fingerprint density at radius 1 is 1.25 bits per heavy atom. The second kappa shape index (κ2) is 7.85. The molecule has 2 rings (SSSR count). The maximum Gasteiger partial charge on any atom is 0.131 e. The highest BCUT2D eigenvalue weighted by Gasteiger charge is 2.17. The van der Waals surface area contributed by atoms with Crippen molar-refractivity contribution in [1.29, 1.82) is 0 Å². The summed E-state index contributed by atoms with van der Waals surface area (Å²) in [6, 6.07) is 8.00. The number of ether oxygens (including phenoxy) is 1. The summed E-state index contributed by atoms with van der Waals surface area (Å²) < 4.78 is 5.37. The van der Waals surface area contributed by atoms with Gasteiger partial charge in [0.2, 0.25) is 0 Å². The molecule has 1 heterocycles. The van der Waals surface area contributed by atoms with Gasteiger partial charge in [0.05, 0.1) is 19.3 Å². The third-order valence-corrected chi connectivity index (χ3v) is 4.63. The third kappa shape index (κ3) is 4.85. The summed E-state index contributed by atoms with van der Waals surface area (Å²) in [6.45, 7) is 7.82. The third-order valence-electron chi connectivity index (χ3n) is 3.67. The number of aromatic nitrogens is 2. The van der Waals surface area contributed by atoms with Crippen molar-refractivity contribution in [3.05, 3.63) is 41.2 Å². The zero-order valence-corrected chi connectivity index (χ0v) is 15.7. The molecule has 2 N–H and O–H groups in total. The van der Waals surface area contributed by atoms with Crippen molar-refractivity contribution in [2.75, 3.05) is 19.0 Å². The average molecular weight is 347 g/mol. The van der Waals surface area contributed by atoms with E-state index in [1.54, 1.807) is 18.9 Å². The van der Waals surface area contributed by atoms with Crippen LogP contribution in [0.2, 0.25) is 0 Å². The molecule has 6 heteroatoms. The van der Waals surface area contributed by atoms with E-state index in [1.807, 2.05) is 39.0 Å². The number of benzene rings is 1. The van der Waals surface area contributed by atoms with E-state index in [9.17, 15) is 5.11 Å². The second-order valence-electron chi connectivity index (χ2n) is 6.34. The van der Waals surface area contributed by atoms with Crippen molar-refractivity contribution < 1.29 is 9.84 Å². The van der Waals surface area contributed by atoms with Crippen LogP contribution in [-0.2, 0) is 5.75 Å². The number of aliphatic hydroxyl groups excluding tert-OH is 1. The molecule has 0 unspecified atom stereocenters. The van der Waals surface area contributed by atoms with E-state index in [1.165, 1.54) is 5.56 Å². The van der Waals surface area contributed by atoms with Crippen LogP contribution in [0.25, 0.3) is 0 Å². The lowest BCUT2D eigenvalue weighted by atomic mass is 10.1. The molecule has 24 heavy (non-hydrogen) atoms. The summed E-state index contributed by atoms with van der Waals surface area (Å²) in [7, 11) is 1.69. The van der Waals surface area contributed by atoms with Crippen LogP contribution >= 0.6 is 11.8 Å². The van der Waals surface area contributed by atoms with Crippen molar-refractivity contribution in [1.82, 2.24) is 9.97 Å². The molecule has 0 saturated heterocycles. The molecular weight excluding hydrogens is 322 g/mol. The van der Waals surface area contributed by atoms with Crippen molar-refractivity contribution in [3.8, 4) is 5.75 Å². The number of methoxy groups -OCH3 is 1. The topological polar surface area (TPSA) is 67.3 Å². The van der Waals surface area contributed by atoms with Crippen molar-refractivity contribution in [2.24, 2.45) is 0 Å². The maximum atomic E-state index is 9.40. The number of thioether (sulfide) groups is 1. The standard InChI is InChI=1S/C18H25N3O2S/c1-12-14(7-6-8-15(12)23-5)10-24-17-9-16(19-13(2)20-17)21-18(3,4)11-22/h6-9,22H,10-11H2,1-5H3,(H,19,20,21). The summed E-state index contributed by atoms with van der Waals surface area (Å²) in [5, 5.41) is 13.5. The van der Waals surface area contributed by atoms with E-state index < -0.39 is 5.54 Å². The largest absolute Gasteiger partial charge is 0.496 e. The quantitative estimate of drug-likeness (QED) is 0.589. The molecule has 1 aromatic heterocycles. The first-order chi connectivity index (χ1) is 11.3. The van der Waals surface area contributed by atoms with E-state index in [4.69, 9.17) is 4.74 Å². The molecule has 130 valence electrons. The number of aliphatic hydroxyl groups is 1. The Bertz CT molecular complexity index is 705. The van der Waals surface area contributed by atoms with Gasteiger partial charge >= 0.3 is 0 Å². The molecular formula is C18H25N3O2S. The van der Waals surface area contributed by atoms with Gasteiger partial charge in [-0.1, -0.05) is 12.1 Å². The van der Waals surface area contributed by atoms with Gasteiger partial charge in [0.25, 0.3) is 0 Å². The maximum absolute atomic E-state index is 9.40. The molecule has 1 aromatic carbocycles. The number of rotatable bonds is 7. The molecule has 0 aliphatic heterocycles. The number of hydrogen-bond donors (Lipinski definition) is 2. The molecule has 2 aromatic rings. The Balaban J connectivity index is 2.14. The second-order valence-corrected chi connectivity index (χ2v) is 7.33. The molecule has 0 amide bonds. The fourth-order valence-corrected chi connectivity index (χ4v) is 3.26. The van der Waals surface area contributed by atoms with Gasteiger partial charge in [-0.15, -0.1) is 11.8 Å². The summed E-state index contributed by atoms with van der Waals surface area (Å²) in [4.78, 5) is 8.90. The molecule has 0 aliphatic rings. The smallest absolute Gasteiger partial charge is 0.131 e. The lowest BCUT2D eigenvalue weighted by Crippen LogP contribution is -2.35. The molecule has 5 nitrogen and oxygen atoms in total. The predicted molar refractivity (Wildman–Crippen MR) is 98.8 cm³/mol. The van der Waals surface area contributed by atoms with Crippen molar-refractivity contribution >= 4 is 17.6 Å². The van der Waals surface area contributed by atoms with Crippen molar-refractivity contribution in [2.45, 2.75) is 44.0 Å². The minimum absolute atomic E-state index is 0.0293. The van der Waals surface area contributed by atoms with Gasteiger partial charge in [-0.3, -0.25) is 0 Å². The SMILES string of the molecule is COc1cccc(CSc2cc(NC(C)(C)CO)nc(C)n2)c1C. The van der Waals surface area contributed by atoms with Crippen molar-refractivity contribution in [3.63, 3.8) is 0 Å². The van der Waals surface area contributed by atoms with Gasteiger partial charge in [-0.25, -0.2) is 9.97 Å². The zero-order valence-electron chi connectivity index (χ0n) is 14.9. The van der Waals surface area contributed by atoms with Crippen LogP contribution in [0.3, 0.4) is 0 Å². The molecule has 0 aliphatic carbocycles. The van der Waals surface area contributed by atoms with Gasteiger partial charge < -0.3 is 15.2 Å². The summed E-state index contributed by atoms with van der Waals surface area (Å²) in [6.07, 6.45) is 0. The van der Waals surface area contributed by atoms with E-state index in [0.717, 1.165) is 27.9 Å². The number of hydrogen-bond acceptors (Lipinski definition) is 6. The first-order valence-electron chi connectivity index (χ1n) is 7.84. The summed E-state index contributed by atoms with van der Waals surface area (Å²) in [5.41, 5.74) is 1.95. The lowest BCUT2D eigenvalue weighted by molar-refractivity contribution is 0.234. The van der Waals surface area contributed by atoms with Gasteiger partial charge in [-0.2, -0.15) is 0 Å². The van der Waals surface area contributed by atoms with Gasteiger partial charge in [0.1, 0.15) is 22.4 Å². The average Bonchev–Trinajstić information content (AvgIpc) is 2.53. The highest BCUT2D eigenvalue weighted by atomic mass is 32.2. The highest BCUT2D eigenvalue weighted by Crippen LogP contribution is 2.28. The fourth-order valence-electron chi connectivity index (χ4n) is 2.25. The van der Waals surface area contributed by atoms with Crippen LogP contribution in [0.4, 0.5) is 5.82 Å². The highest BCUT2D eigenvalue weighted by molar-refractivity contribution is 7.98. The van der Waals surface area contributed by atoms with Crippen LogP contribution in [0.5, 0.6) is 5.75 Å². The molecule has 0 radical (unpaired) electrons. The Morgan fingerprint density at radius 3 is 2.67 bits per heavy atom. The van der Waals surface area contributed by atoms with E-state index in [2.05, 4.69) is 28.3 Å². The zero-order chi connectivity index (χ0) is 17.7. The Labute approximate surface area is 147 Å². The summed E-state index contributed by atoms with van der Waals surface area (Å²) >= 11 is 1.66. The van der Waals surface area contributed by atoms with Crippen LogP contribution in [0, 0.1) is 13.8 Å². The molecule has 0 bridgehead atoms. The van der Waals surface area contributed by atoms with E-state index in [0.29, 0.717) is 5.82 Å². The molecule has 0 spiro atoms. The molecule has 0 fully saturated rings. The predicted octanol–water partition coefficient (Wildman–Crippen LogP) is 3.58. The number of nitrogens with one attached hydrogen (secondary N) is 1. The lowest BCUT2D eigenvalue weighted by Gasteiger charge is -2.24. The first-order valence-corrected chi connectivity index (χ1v) is 8.83. The Hall–Kier alpha value is -1.79. The minimum Gasteiger partial charge on any atom is -0.496 e. The van der Waals surface area contributed by atoms with Crippen LogP contribution in [0.15, 0.2) is 29.3 Å². The minimum atomic E-state index is -0.424. The number of nitrogens with zero attached hydrogens (tertiary/aromatic N) is 2.